The van der Waals surface area contributed by atoms with Crippen LogP contribution in [-0.2, 0) is 19.0 Å². The summed E-state index contributed by atoms with van der Waals surface area (Å²) in [5.74, 6) is 1.07. The molecule has 0 aromatic carbocycles. The van der Waals surface area contributed by atoms with E-state index in [2.05, 4.69) is 0 Å². The van der Waals surface area contributed by atoms with E-state index < -0.39 is 0 Å². The molecule has 0 aromatic rings. The number of ether oxygens (including phenoxy) is 3. The Kier molecular flexibility index (Phi) is 6.11. The van der Waals surface area contributed by atoms with Crippen LogP contribution < -0.4 is 0 Å². The number of carbonyl (C=O) groups is 1. The van der Waals surface area contributed by atoms with Crippen molar-refractivity contribution in [2.24, 2.45) is 5.92 Å². The van der Waals surface area contributed by atoms with Crippen molar-refractivity contribution in [2.75, 3.05) is 27.1 Å². The van der Waals surface area contributed by atoms with Crippen LogP contribution in [0.25, 0.3) is 0 Å². The molecule has 0 spiro atoms. The van der Waals surface area contributed by atoms with E-state index >= 15 is 0 Å². The fraction of sp³-hybridized carbons (Fsp3) is 0.750. The number of methoxy groups -OCH3 is 1. The number of hydrogen-bond donors (Lipinski definition) is 0. The monoisotopic (exact) mass is 228 g/mol. The number of rotatable bonds is 7. The minimum absolute atomic E-state index is 0.0843. The van der Waals surface area contributed by atoms with Crippen molar-refractivity contribution >= 4 is 5.78 Å². The zero-order valence-corrected chi connectivity index (χ0v) is 10.0. The Morgan fingerprint density at radius 1 is 1.50 bits per heavy atom. The minimum atomic E-state index is 0.0843. The average Bonchev–Trinajstić information content (AvgIpc) is 2.27. The van der Waals surface area contributed by atoms with Crippen molar-refractivity contribution in [1.82, 2.24) is 0 Å². The molecule has 0 heterocycles. The van der Waals surface area contributed by atoms with Crippen LogP contribution in [0.2, 0.25) is 0 Å². The summed E-state index contributed by atoms with van der Waals surface area (Å²) in [6, 6.07) is 0. The third kappa shape index (κ3) is 4.33. The molecule has 0 bridgehead atoms. The van der Waals surface area contributed by atoms with Crippen molar-refractivity contribution < 1.29 is 19.0 Å². The molecule has 1 unspecified atom stereocenters. The highest BCUT2D eigenvalue weighted by Crippen LogP contribution is 2.24. The molecule has 4 nitrogen and oxygen atoms in total. The molecule has 92 valence electrons. The lowest BCUT2D eigenvalue weighted by Crippen LogP contribution is -2.20. The van der Waals surface area contributed by atoms with E-state index in [4.69, 9.17) is 14.2 Å². The molecule has 0 aromatic heterocycles. The normalized spacial score (nSPS) is 20.8. The summed E-state index contributed by atoms with van der Waals surface area (Å²) in [6.07, 6.45) is 4.11. The van der Waals surface area contributed by atoms with Gasteiger partial charge in [0.05, 0.1) is 19.0 Å². The first-order valence-corrected chi connectivity index (χ1v) is 5.71. The molecule has 0 amide bonds. The molecule has 1 aliphatic rings. The van der Waals surface area contributed by atoms with Crippen molar-refractivity contribution in [1.29, 1.82) is 0 Å². The molecule has 0 N–H and O–H groups in total. The number of ketones is 1. The highest BCUT2D eigenvalue weighted by atomic mass is 16.7. The Labute approximate surface area is 96.6 Å². The topological polar surface area (TPSA) is 44.8 Å². The van der Waals surface area contributed by atoms with Crippen molar-refractivity contribution in [2.45, 2.75) is 26.2 Å². The summed E-state index contributed by atoms with van der Waals surface area (Å²) in [6.45, 7) is 3.42. The van der Waals surface area contributed by atoms with Gasteiger partial charge in [0, 0.05) is 25.5 Å². The lowest BCUT2D eigenvalue weighted by atomic mass is 9.89. The summed E-state index contributed by atoms with van der Waals surface area (Å²) >= 11 is 0. The van der Waals surface area contributed by atoms with Gasteiger partial charge >= 0.3 is 0 Å². The van der Waals surface area contributed by atoms with Gasteiger partial charge < -0.3 is 14.2 Å². The van der Waals surface area contributed by atoms with Gasteiger partial charge in [-0.1, -0.05) is 0 Å². The number of allylic oxidation sites excluding steroid dienone is 2. The van der Waals surface area contributed by atoms with Crippen molar-refractivity contribution in [3.8, 4) is 0 Å². The smallest absolute Gasteiger partial charge is 0.162 e. The highest BCUT2D eigenvalue weighted by molar-refractivity contribution is 5.92. The molecule has 0 saturated heterocycles. The summed E-state index contributed by atoms with van der Waals surface area (Å²) in [7, 11) is 1.59. The summed E-state index contributed by atoms with van der Waals surface area (Å²) in [5.41, 5.74) is 0. The second-order valence-corrected chi connectivity index (χ2v) is 3.79. The van der Waals surface area contributed by atoms with Crippen LogP contribution in [0.3, 0.4) is 0 Å². The minimum Gasteiger partial charge on any atom is -0.498 e. The van der Waals surface area contributed by atoms with Gasteiger partial charge in [-0.15, -0.1) is 0 Å². The molecule has 1 aliphatic carbocycles. The third-order valence-electron chi connectivity index (χ3n) is 2.59. The molecule has 16 heavy (non-hydrogen) atoms. The first-order chi connectivity index (χ1) is 7.77. The van der Waals surface area contributed by atoms with E-state index in [1.54, 1.807) is 13.2 Å². The summed E-state index contributed by atoms with van der Waals surface area (Å²) in [4.78, 5) is 11.7. The van der Waals surface area contributed by atoms with E-state index in [9.17, 15) is 4.79 Å². The van der Waals surface area contributed by atoms with E-state index in [1.807, 2.05) is 6.92 Å². The van der Waals surface area contributed by atoms with Crippen molar-refractivity contribution in [3.63, 3.8) is 0 Å². The molecule has 4 heteroatoms. The molecule has 0 saturated carbocycles. The van der Waals surface area contributed by atoms with Crippen LogP contribution in [-0.4, -0.2) is 32.9 Å². The molecule has 0 aliphatic heterocycles. The zero-order valence-electron chi connectivity index (χ0n) is 10.0. The average molecular weight is 228 g/mol. The predicted octanol–water partition coefficient (Wildman–Crippen LogP) is 1.90. The largest absolute Gasteiger partial charge is 0.498 e. The van der Waals surface area contributed by atoms with E-state index in [1.165, 1.54) is 0 Å². The van der Waals surface area contributed by atoms with Crippen molar-refractivity contribution in [3.05, 3.63) is 11.8 Å². The van der Waals surface area contributed by atoms with E-state index in [0.717, 1.165) is 25.0 Å². The fourth-order valence-electron chi connectivity index (χ4n) is 1.76. The van der Waals surface area contributed by atoms with Gasteiger partial charge in [-0.05, 0) is 19.8 Å². The Bertz CT molecular complexity index is 247. The van der Waals surface area contributed by atoms with Crippen LogP contribution in [0.5, 0.6) is 0 Å². The van der Waals surface area contributed by atoms with Crippen LogP contribution in [0.15, 0.2) is 11.8 Å². The Morgan fingerprint density at radius 2 is 2.31 bits per heavy atom. The number of carbonyl (C=O) groups excluding carboxylic acids is 1. The van der Waals surface area contributed by atoms with Crippen LogP contribution in [0.1, 0.15) is 26.2 Å². The zero-order chi connectivity index (χ0) is 11.8. The van der Waals surface area contributed by atoms with Gasteiger partial charge in [0.15, 0.2) is 5.78 Å². The fourth-order valence-corrected chi connectivity index (χ4v) is 1.76. The number of hydrogen-bond acceptors (Lipinski definition) is 4. The molecule has 1 atom stereocenters. The SMILES string of the molecule is CCOC1=CC(=O)C(CCOCOC)CC1. The Balaban J connectivity index is 2.28. The highest BCUT2D eigenvalue weighted by Gasteiger charge is 2.22. The summed E-state index contributed by atoms with van der Waals surface area (Å²) in [5, 5.41) is 0. The Hall–Kier alpha value is -0.870. The van der Waals surface area contributed by atoms with E-state index in [0.29, 0.717) is 20.0 Å². The lowest BCUT2D eigenvalue weighted by molar-refractivity contribution is -0.120. The molecule has 1 rings (SSSR count). The maximum Gasteiger partial charge on any atom is 0.162 e. The van der Waals surface area contributed by atoms with Gasteiger partial charge in [0.25, 0.3) is 0 Å². The third-order valence-corrected chi connectivity index (χ3v) is 2.59. The predicted molar refractivity (Wildman–Crippen MR) is 59.9 cm³/mol. The molecule has 0 fully saturated rings. The molecular formula is C12H20O4. The first kappa shape index (κ1) is 13.2. The van der Waals surface area contributed by atoms with E-state index in [-0.39, 0.29) is 11.7 Å². The maximum atomic E-state index is 11.7. The van der Waals surface area contributed by atoms with Gasteiger partial charge in [0.2, 0.25) is 0 Å². The van der Waals surface area contributed by atoms with Gasteiger partial charge in [-0.25, -0.2) is 0 Å². The molecular weight excluding hydrogens is 208 g/mol. The van der Waals surface area contributed by atoms with Gasteiger partial charge in [-0.2, -0.15) is 0 Å². The first-order valence-electron chi connectivity index (χ1n) is 5.71. The van der Waals surface area contributed by atoms with Crippen LogP contribution >= 0.6 is 0 Å². The maximum absolute atomic E-state index is 11.7. The molecule has 0 radical (unpaired) electrons. The second-order valence-electron chi connectivity index (χ2n) is 3.79. The quantitative estimate of drug-likeness (QED) is 0.493. The Morgan fingerprint density at radius 3 is 2.94 bits per heavy atom. The van der Waals surface area contributed by atoms with Gasteiger partial charge in [0.1, 0.15) is 6.79 Å². The van der Waals surface area contributed by atoms with Crippen LogP contribution in [0.4, 0.5) is 0 Å². The standard InChI is InChI=1S/C12H20O4/c1-3-16-11-5-4-10(12(13)8-11)6-7-15-9-14-2/h8,10H,3-7,9H2,1-2H3. The lowest BCUT2D eigenvalue weighted by Gasteiger charge is -2.20. The second kappa shape index (κ2) is 7.41. The van der Waals surface area contributed by atoms with Gasteiger partial charge in [-0.3, -0.25) is 4.79 Å². The van der Waals surface area contributed by atoms with Crippen LogP contribution in [0, 0.1) is 5.92 Å². The summed E-state index contributed by atoms with van der Waals surface area (Å²) < 4.78 is 15.3.